The second kappa shape index (κ2) is 20.8. The molecule has 0 unspecified atom stereocenters. The molecule has 2 aromatic carbocycles. The molecule has 7 heteroatoms. The molecule has 0 amide bonds. The van der Waals surface area contributed by atoms with Crippen molar-refractivity contribution in [3.8, 4) is 11.5 Å². The third kappa shape index (κ3) is 15.9. The van der Waals surface area contributed by atoms with Gasteiger partial charge in [0.25, 0.3) is 0 Å². The number of benzene rings is 2. The van der Waals surface area contributed by atoms with Gasteiger partial charge in [-0.1, -0.05) is 13.8 Å². The van der Waals surface area contributed by atoms with E-state index < -0.39 is 23.3 Å². The zero-order valence-corrected chi connectivity index (χ0v) is 21.4. The minimum atomic E-state index is -0.775. The molecule has 0 spiro atoms. The summed E-state index contributed by atoms with van der Waals surface area (Å²) in [5, 5.41) is 0. The first-order chi connectivity index (χ1) is 16.5. The van der Waals surface area contributed by atoms with Gasteiger partial charge in [-0.25, -0.2) is 41.9 Å². The Kier molecular flexibility index (Phi) is 19.3. The van der Waals surface area contributed by atoms with Crippen molar-refractivity contribution in [2.75, 3.05) is 13.2 Å². The summed E-state index contributed by atoms with van der Waals surface area (Å²) in [7, 11) is 0. The van der Waals surface area contributed by atoms with Gasteiger partial charge in [-0.05, 0) is 12.8 Å². The zero-order chi connectivity index (χ0) is 25.0. The molecule has 0 N–H and O–H groups in total. The van der Waals surface area contributed by atoms with Crippen LogP contribution in [0.5, 0.6) is 11.5 Å². The molecular formula is C28H28F4O2Ti. The van der Waals surface area contributed by atoms with Gasteiger partial charge in [0.05, 0.1) is 24.8 Å². The average Bonchev–Trinajstić information content (AvgIpc) is 3.58. The van der Waals surface area contributed by atoms with Crippen molar-refractivity contribution in [3.05, 3.63) is 108 Å². The van der Waals surface area contributed by atoms with E-state index in [4.69, 9.17) is 9.47 Å². The second-order valence-corrected chi connectivity index (χ2v) is 6.67. The summed E-state index contributed by atoms with van der Waals surface area (Å²) in [5.41, 5.74) is 0. The van der Waals surface area contributed by atoms with E-state index in [0.29, 0.717) is 13.2 Å². The fourth-order valence-corrected chi connectivity index (χ4v) is 2.19. The van der Waals surface area contributed by atoms with Crippen LogP contribution in [-0.2, 0) is 21.7 Å². The van der Waals surface area contributed by atoms with Crippen LogP contribution >= 0.6 is 0 Å². The molecule has 0 radical (unpaired) electrons. The van der Waals surface area contributed by atoms with Gasteiger partial charge in [-0.2, -0.15) is 12.2 Å². The maximum Gasteiger partial charge on any atom is 4.00 e. The van der Waals surface area contributed by atoms with Crippen LogP contribution in [0.15, 0.2) is 60.7 Å². The van der Waals surface area contributed by atoms with E-state index in [0.717, 1.165) is 37.8 Å². The molecule has 35 heavy (non-hydrogen) atoms. The minimum absolute atomic E-state index is 0. The van der Waals surface area contributed by atoms with Crippen LogP contribution in [0.2, 0.25) is 0 Å². The number of hydrogen-bond acceptors (Lipinski definition) is 2. The zero-order valence-electron chi connectivity index (χ0n) is 19.8. The van der Waals surface area contributed by atoms with Gasteiger partial charge in [0.2, 0.25) is 0 Å². The number of hydrogen-bond donors (Lipinski definition) is 0. The van der Waals surface area contributed by atoms with E-state index in [1.54, 1.807) is 0 Å². The van der Waals surface area contributed by atoms with Gasteiger partial charge < -0.3 is 9.47 Å². The van der Waals surface area contributed by atoms with Crippen molar-refractivity contribution in [1.82, 2.24) is 0 Å². The molecule has 184 valence electrons. The Hall–Kier alpha value is -2.57. The van der Waals surface area contributed by atoms with Crippen LogP contribution < -0.4 is 9.47 Å². The van der Waals surface area contributed by atoms with Crippen molar-refractivity contribution in [3.63, 3.8) is 0 Å². The predicted octanol–water partition coefficient (Wildman–Crippen LogP) is 7.72. The predicted molar refractivity (Wildman–Crippen MR) is 125 cm³/mol. The van der Waals surface area contributed by atoms with Crippen molar-refractivity contribution >= 4 is 0 Å². The normalized spacial score (nSPS) is 11.8. The SMILES string of the molecule is CCCOc1ccc(F)[c-]c1F.CCCOc1ccc(F)[c-]c1F.[C-]1=CC=CC1.[C-]1=CC=CC1.[Ti+4]. The molecule has 2 aliphatic rings. The molecule has 2 aromatic rings. The Labute approximate surface area is 220 Å². The molecule has 0 saturated carbocycles. The van der Waals surface area contributed by atoms with E-state index in [2.05, 4.69) is 24.3 Å². The topological polar surface area (TPSA) is 18.5 Å². The Morgan fingerprint density at radius 1 is 0.686 bits per heavy atom. The third-order valence-electron chi connectivity index (χ3n) is 3.75. The van der Waals surface area contributed by atoms with Crippen LogP contribution in [-0.4, -0.2) is 13.2 Å². The van der Waals surface area contributed by atoms with Crippen LogP contribution in [0.25, 0.3) is 0 Å². The second-order valence-electron chi connectivity index (χ2n) is 6.67. The average molecular weight is 520 g/mol. The van der Waals surface area contributed by atoms with Crippen molar-refractivity contribution in [2.45, 2.75) is 39.5 Å². The van der Waals surface area contributed by atoms with E-state index in [9.17, 15) is 17.6 Å². The quantitative estimate of drug-likeness (QED) is 0.221. The van der Waals surface area contributed by atoms with Gasteiger partial charge in [-0.3, -0.25) is 12.2 Å². The maximum absolute atomic E-state index is 12.8. The maximum atomic E-state index is 12.8. The van der Waals surface area contributed by atoms with Crippen LogP contribution in [0.4, 0.5) is 17.6 Å². The molecule has 0 aliphatic heterocycles. The van der Waals surface area contributed by atoms with Gasteiger partial charge in [0, 0.05) is 23.1 Å². The minimum Gasteiger partial charge on any atom is -0.548 e. The van der Waals surface area contributed by atoms with Crippen molar-refractivity contribution < 1.29 is 48.8 Å². The van der Waals surface area contributed by atoms with Gasteiger partial charge in [0.1, 0.15) is 0 Å². The number of rotatable bonds is 6. The number of allylic oxidation sites excluding steroid dienone is 8. The van der Waals surface area contributed by atoms with E-state index in [1.165, 1.54) is 12.1 Å². The molecule has 0 atom stereocenters. The summed E-state index contributed by atoms with van der Waals surface area (Å²) in [5.74, 6) is -2.86. The number of ether oxygens (including phenoxy) is 2. The molecule has 0 bridgehead atoms. The summed E-state index contributed by atoms with van der Waals surface area (Å²) in [6.07, 6.45) is 21.6. The molecule has 2 aliphatic carbocycles. The molecule has 4 rings (SSSR count). The fraction of sp³-hybridized carbons (Fsp3) is 0.286. The Morgan fingerprint density at radius 3 is 1.31 bits per heavy atom. The fourth-order valence-electron chi connectivity index (χ4n) is 2.19. The monoisotopic (exact) mass is 520 g/mol. The molecule has 0 aromatic heterocycles. The Bertz CT molecular complexity index is 858. The summed E-state index contributed by atoms with van der Waals surface area (Å²) in [6, 6.07) is 8.54. The first kappa shape index (κ1) is 32.4. The molecule has 0 fully saturated rings. The summed E-state index contributed by atoms with van der Waals surface area (Å²) in [6.45, 7) is 4.67. The summed E-state index contributed by atoms with van der Waals surface area (Å²) in [4.78, 5) is 0. The molecule has 2 nitrogen and oxygen atoms in total. The van der Waals surface area contributed by atoms with Crippen molar-refractivity contribution in [2.24, 2.45) is 0 Å². The smallest absolute Gasteiger partial charge is 0.548 e. The van der Waals surface area contributed by atoms with Crippen LogP contribution in [0.3, 0.4) is 0 Å². The third-order valence-corrected chi connectivity index (χ3v) is 3.75. The summed E-state index contributed by atoms with van der Waals surface area (Å²) < 4.78 is 60.1. The van der Waals surface area contributed by atoms with Gasteiger partial charge in [0.15, 0.2) is 0 Å². The molecule has 0 heterocycles. The first-order valence-corrected chi connectivity index (χ1v) is 10.9. The van der Waals surface area contributed by atoms with E-state index in [1.807, 2.05) is 50.3 Å². The van der Waals surface area contributed by atoms with Gasteiger partial charge >= 0.3 is 21.7 Å². The van der Waals surface area contributed by atoms with Crippen LogP contribution in [0.1, 0.15) is 39.5 Å². The first-order valence-electron chi connectivity index (χ1n) is 10.9. The summed E-state index contributed by atoms with van der Waals surface area (Å²) >= 11 is 0. The Balaban J connectivity index is 0.000000468. The Morgan fingerprint density at radius 2 is 1.09 bits per heavy atom. The van der Waals surface area contributed by atoms with E-state index >= 15 is 0 Å². The van der Waals surface area contributed by atoms with Gasteiger partial charge in [-0.15, -0.1) is 49.2 Å². The molecular weight excluding hydrogens is 492 g/mol. The standard InChI is InChI=1S/2C9H9F2O.2C5H5.Ti/c2*1-2-5-12-9-4-3-7(10)6-8(9)11;2*1-2-4-5-3-1;/h2*3-4H,2,5H2,1H3;2*1-3H,4H2;/q4*-1;+4. The van der Waals surface area contributed by atoms with Crippen LogP contribution in [0, 0.1) is 47.6 Å². The van der Waals surface area contributed by atoms with E-state index in [-0.39, 0.29) is 33.2 Å². The largest absolute Gasteiger partial charge is 4.00 e. The number of halogens is 4. The molecule has 0 saturated heterocycles. The van der Waals surface area contributed by atoms with Crippen molar-refractivity contribution in [1.29, 1.82) is 0 Å².